The molecule has 0 atom stereocenters. The first-order chi connectivity index (χ1) is 9.82. The normalized spacial score (nSPS) is 11.0. The fourth-order valence-corrected chi connectivity index (χ4v) is 2.16. The Bertz CT molecular complexity index is 728. The van der Waals surface area contributed by atoms with Crippen molar-refractivity contribution in [2.45, 2.75) is 6.43 Å². The second kappa shape index (κ2) is 5.98. The van der Waals surface area contributed by atoms with E-state index < -0.39 is 35.0 Å². The number of nitrogens with zero attached hydrogens (tertiary/aromatic N) is 2. The Kier molecular flexibility index (Phi) is 4.48. The summed E-state index contributed by atoms with van der Waals surface area (Å²) in [6.07, 6.45) is -2.00. The zero-order chi connectivity index (χ0) is 15.7. The second-order valence-corrected chi connectivity index (χ2v) is 4.98. The first-order valence-electron chi connectivity index (χ1n) is 5.35. The number of hydrogen-bond donors (Lipinski definition) is 1. The number of aromatic carboxylic acids is 1. The van der Waals surface area contributed by atoms with Crippen molar-refractivity contribution < 1.29 is 23.1 Å². The summed E-state index contributed by atoms with van der Waals surface area (Å²) in [5.74, 6) is -2.54. The summed E-state index contributed by atoms with van der Waals surface area (Å²) in [4.78, 5) is 18.3. The topological polar surface area (TPSA) is 63.1 Å². The van der Waals surface area contributed by atoms with Crippen molar-refractivity contribution in [3.05, 3.63) is 45.0 Å². The molecule has 1 N–H and O–H groups in total. The molecule has 0 saturated carbocycles. The summed E-state index contributed by atoms with van der Waals surface area (Å²) < 4.78 is 39.9. The Balaban J connectivity index is 2.75. The van der Waals surface area contributed by atoms with Gasteiger partial charge in [-0.3, -0.25) is 0 Å². The SMILES string of the molecule is O=C(O)c1nc(-c2c(C(F)F)ccc(Cl)c2F)cnc1Br. The number of alkyl halides is 2. The summed E-state index contributed by atoms with van der Waals surface area (Å²) in [7, 11) is 0. The number of benzene rings is 1. The Morgan fingerprint density at radius 2 is 2.05 bits per heavy atom. The van der Waals surface area contributed by atoms with Crippen LogP contribution in [0.3, 0.4) is 0 Å². The molecule has 2 aromatic rings. The first kappa shape index (κ1) is 15.7. The van der Waals surface area contributed by atoms with Crippen molar-refractivity contribution in [2.75, 3.05) is 0 Å². The van der Waals surface area contributed by atoms with E-state index in [1.54, 1.807) is 0 Å². The lowest BCUT2D eigenvalue weighted by molar-refractivity contribution is 0.0689. The van der Waals surface area contributed by atoms with Gasteiger partial charge in [-0.2, -0.15) is 0 Å². The van der Waals surface area contributed by atoms with Gasteiger partial charge >= 0.3 is 5.97 Å². The van der Waals surface area contributed by atoms with Gasteiger partial charge in [0.2, 0.25) is 0 Å². The number of rotatable bonds is 3. The molecule has 0 aliphatic rings. The van der Waals surface area contributed by atoms with Gasteiger partial charge in [-0.1, -0.05) is 17.7 Å². The number of halogens is 5. The molecule has 9 heteroatoms. The number of carboxylic acid groups (broad SMARTS) is 1. The molecule has 1 aromatic carbocycles. The summed E-state index contributed by atoms with van der Waals surface area (Å²) >= 11 is 8.44. The van der Waals surface area contributed by atoms with Crippen LogP contribution in [0.25, 0.3) is 11.3 Å². The van der Waals surface area contributed by atoms with E-state index in [1.165, 1.54) is 0 Å². The molecule has 0 bridgehead atoms. The smallest absolute Gasteiger partial charge is 0.357 e. The molecule has 0 spiro atoms. The van der Waals surface area contributed by atoms with Crippen molar-refractivity contribution in [3.8, 4) is 11.3 Å². The van der Waals surface area contributed by atoms with Gasteiger partial charge in [-0.25, -0.2) is 27.9 Å². The van der Waals surface area contributed by atoms with Crippen LogP contribution in [0.5, 0.6) is 0 Å². The molecular formula is C12H5BrClF3N2O2. The van der Waals surface area contributed by atoms with E-state index in [0.29, 0.717) is 0 Å². The maximum atomic E-state index is 14.0. The Morgan fingerprint density at radius 1 is 1.38 bits per heavy atom. The highest BCUT2D eigenvalue weighted by Gasteiger charge is 2.23. The highest BCUT2D eigenvalue weighted by Crippen LogP contribution is 2.35. The molecule has 0 saturated heterocycles. The minimum absolute atomic E-state index is 0.0974. The highest BCUT2D eigenvalue weighted by atomic mass is 79.9. The quantitative estimate of drug-likeness (QED) is 0.859. The fraction of sp³-hybridized carbons (Fsp3) is 0.0833. The predicted molar refractivity (Wildman–Crippen MR) is 72.1 cm³/mol. The third kappa shape index (κ3) is 3.01. The van der Waals surface area contributed by atoms with Gasteiger partial charge < -0.3 is 5.11 Å². The maximum Gasteiger partial charge on any atom is 0.357 e. The van der Waals surface area contributed by atoms with Gasteiger partial charge in [-0.15, -0.1) is 0 Å². The van der Waals surface area contributed by atoms with Crippen LogP contribution in [0.4, 0.5) is 13.2 Å². The van der Waals surface area contributed by atoms with Crippen LogP contribution < -0.4 is 0 Å². The number of aromatic nitrogens is 2. The molecule has 110 valence electrons. The first-order valence-corrected chi connectivity index (χ1v) is 6.52. The molecule has 0 radical (unpaired) electrons. The average molecular weight is 382 g/mol. The molecule has 0 aliphatic carbocycles. The molecule has 1 heterocycles. The fourth-order valence-electron chi connectivity index (χ4n) is 1.64. The van der Waals surface area contributed by atoms with Crippen LogP contribution >= 0.6 is 27.5 Å². The van der Waals surface area contributed by atoms with Crippen LogP contribution in [0, 0.1) is 5.82 Å². The van der Waals surface area contributed by atoms with E-state index in [0.717, 1.165) is 18.3 Å². The molecular weight excluding hydrogens is 376 g/mol. The average Bonchev–Trinajstić information content (AvgIpc) is 2.42. The van der Waals surface area contributed by atoms with Gasteiger partial charge in [-0.05, 0) is 22.0 Å². The third-order valence-electron chi connectivity index (χ3n) is 2.55. The second-order valence-electron chi connectivity index (χ2n) is 3.83. The van der Waals surface area contributed by atoms with Crippen molar-refractivity contribution in [1.82, 2.24) is 9.97 Å². The molecule has 4 nitrogen and oxygen atoms in total. The lowest BCUT2D eigenvalue weighted by Crippen LogP contribution is -2.06. The van der Waals surface area contributed by atoms with E-state index >= 15 is 0 Å². The standard InChI is InChI=1S/C12H5BrClF3N2O2/c13-10-9(12(20)21)19-6(3-18-10)7-4(11(16)17)1-2-5(14)8(7)15/h1-3,11H,(H,20,21). The van der Waals surface area contributed by atoms with Gasteiger partial charge in [0.1, 0.15) is 4.60 Å². The van der Waals surface area contributed by atoms with Crippen molar-refractivity contribution in [3.63, 3.8) is 0 Å². The molecule has 2 rings (SSSR count). The molecule has 0 fully saturated rings. The van der Waals surface area contributed by atoms with Crippen LogP contribution in [0.1, 0.15) is 22.5 Å². The summed E-state index contributed by atoms with van der Waals surface area (Å²) in [6.45, 7) is 0. The minimum Gasteiger partial charge on any atom is -0.476 e. The lowest BCUT2D eigenvalue weighted by Gasteiger charge is -2.11. The van der Waals surface area contributed by atoms with Crippen LogP contribution in [0.2, 0.25) is 5.02 Å². The van der Waals surface area contributed by atoms with Gasteiger partial charge in [0.05, 0.1) is 16.9 Å². The maximum absolute atomic E-state index is 14.0. The minimum atomic E-state index is -2.98. The number of carboxylic acids is 1. The number of carbonyl (C=O) groups is 1. The largest absolute Gasteiger partial charge is 0.476 e. The van der Waals surface area contributed by atoms with E-state index in [1.807, 2.05) is 0 Å². The molecule has 0 amide bonds. The molecule has 21 heavy (non-hydrogen) atoms. The summed E-state index contributed by atoms with van der Waals surface area (Å²) in [5.41, 5.74) is -2.08. The third-order valence-corrected chi connectivity index (χ3v) is 3.42. The number of hydrogen-bond acceptors (Lipinski definition) is 3. The van der Waals surface area contributed by atoms with Crippen LogP contribution in [-0.4, -0.2) is 21.0 Å². The monoisotopic (exact) mass is 380 g/mol. The molecule has 0 aliphatic heterocycles. The zero-order valence-electron chi connectivity index (χ0n) is 9.95. The van der Waals surface area contributed by atoms with Crippen LogP contribution in [-0.2, 0) is 0 Å². The van der Waals surface area contributed by atoms with Gasteiger partial charge in [0.15, 0.2) is 11.5 Å². The van der Waals surface area contributed by atoms with E-state index in [9.17, 15) is 18.0 Å². The summed E-state index contributed by atoms with van der Waals surface area (Å²) in [5, 5.41) is 8.56. The van der Waals surface area contributed by atoms with Crippen molar-refractivity contribution >= 4 is 33.5 Å². The molecule has 1 aromatic heterocycles. The summed E-state index contributed by atoms with van der Waals surface area (Å²) in [6, 6.07) is 1.95. The Hall–Kier alpha value is -1.67. The zero-order valence-corrected chi connectivity index (χ0v) is 12.3. The Morgan fingerprint density at radius 3 is 2.62 bits per heavy atom. The van der Waals surface area contributed by atoms with E-state index in [-0.39, 0.29) is 15.3 Å². The molecule has 0 unspecified atom stereocenters. The van der Waals surface area contributed by atoms with Crippen molar-refractivity contribution in [1.29, 1.82) is 0 Å². The predicted octanol–water partition coefficient (Wildman–Crippen LogP) is 4.33. The van der Waals surface area contributed by atoms with E-state index in [2.05, 4.69) is 25.9 Å². The van der Waals surface area contributed by atoms with E-state index in [4.69, 9.17) is 16.7 Å². The Labute approximate surface area is 129 Å². The highest BCUT2D eigenvalue weighted by molar-refractivity contribution is 9.10. The van der Waals surface area contributed by atoms with Crippen LogP contribution in [0.15, 0.2) is 22.9 Å². The van der Waals surface area contributed by atoms with Gasteiger partial charge in [0, 0.05) is 11.1 Å². The van der Waals surface area contributed by atoms with Crippen molar-refractivity contribution in [2.24, 2.45) is 0 Å². The lowest BCUT2D eigenvalue weighted by atomic mass is 10.0. The van der Waals surface area contributed by atoms with Gasteiger partial charge in [0.25, 0.3) is 6.43 Å².